The Labute approximate surface area is 122 Å². The van der Waals surface area contributed by atoms with Crippen LogP contribution in [-0.2, 0) is 6.61 Å². The Kier molecular flexibility index (Phi) is 5.24. The summed E-state index contributed by atoms with van der Waals surface area (Å²) in [5, 5.41) is 12.5. The van der Waals surface area contributed by atoms with Gasteiger partial charge >= 0.3 is 6.18 Å². The fourth-order valence-electron chi connectivity index (χ4n) is 2.78. The van der Waals surface area contributed by atoms with Gasteiger partial charge in [-0.2, -0.15) is 13.2 Å². The molecule has 0 radical (unpaired) electrons. The summed E-state index contributed by atoms with van der Waals surface area (Å²) in [6.45, 7) is 2.04. The van der Waals surface area contributed by atoms with Gasteiger partial charge in [-0.05, 0) is 24.5 Å². The first-order valence-corrected chi connectivity index (χ1v) is 7.12. The number of nitrogens with one attached hydrogen (secondary N) is 1. The van der Waals surface area contributed by atoms with E-state index in [2.05, 4.69) is 5.32 Å². The van der Waals surface area contributed by atoms with Crippen LogP contribution in [0.2, 0.25) is 0 Å². The highest BCUT2D eigenvalue weighted by molar-refractivity contribution is 5.25. The van der Waals surface area contributed by atoms with Crippen molar-refractivity contribution in [3.05, 3.63) is 35.4 Å². The highest BCUT2D eigenvalue weighted by Gasteiger charge is 2.34. The summed E-state index contributed by atoms with van der Waals surface area (Å²) in [5.74, 6) is 0. The van der Waals surface area contributed by atoms with Crippen LogP contribution in [0.5, 0.6) is 0 Å². The number of likely N-dealkylation sites (tertiary alicyclic amines) is 1. The van der Waals surface area contributed by atoms with Crippen molar-refractivity contribution in [1.82, 2.24) is 10.2 Å². The summed E-state index contributed by atoms with van der Waals surface area (Å²) in [6.07, 6.45) is -3.41. The number of benzene rings is 1. The lowest BCUT2D eigenvalue weighted by Gasteiger charge is -2.21. The van der Waals surface area contributed by atoms with E-state index in [1.165, 1.54) is 4.90 Å². The SMILES string of the molecule is C[C@@H](N[C@@H]1CCN(CC(F)(F)F)C1)c1cccc(CO)c1. The highest BCUT2D eigenvalue weighted by Crippen LogP contribution is 2.22. The van der Waals surface area contributed by atoms with Gasteiger partial charge in [0.25, 0.3) is 0 Å². The van der Waals surface area contributed by atoms with Crippen LogP contribution in [0, 0.1) is 0 Å². The average molecular weight is 302 g/mol. The van der Waals surface area contributed by atoms with Crippen LogP contribution in [0.15, 0.2) is 24.3 Å². The Morgan fingerprint density at radius 1 is 1.43 bits per heavy atom. The summed E-state index contributed by atoms with van der Waals surface area (Å²) in [6, 6.07) is 7.72. The molecule has 2 N–H and O–H groups in total. The second-order valence-corrected chi connectivity index (χ2v) is 5.63. The van der Waals surface area contributed by atoms with Crippen molar-refractivity contribution in [1.29, 1.82) is 0 Å². The van der Waals surface area contributed by atoms with Gasteiger partial charge in [0.05, 0.1) is 13.2 Å². The first-order valence-electron chi connectivity index (χ1n) is 7.12. The zero-order valence-electron chi connectivity index (χ0n) is 12.0. The number of nitrogens with zero attached hydrogens (tertiary/aromatic N) is 1. The smallest absolute Gasteiger partial charge is 0.392 e. The van der Waals surface area contributed by atoms with E-state index in [4.69, 9.17) is 5.11 Å². The van der Waals surface area contributed by atoms with Crippen molar-refractivity contribution in [2.45, 2.75) is 38.2 Å². The third kappa shape index (κ3) is 4.98. The predicted octanol–water partition coefficient (Wildman–Crippen LogP) is 2.47. The van der Waals surface area contributed by atoms with Crippen molar-refractivity contribution < 1.29 is 18.3 Å². The third-order valence-electron chi connectivity index (χ3n) is 3.79. The van der Waals surface area contributed by atoms with E-state index < -0.39 is 12.7 Å². The molecule has 118 valence electrons. The molecule has 21 heavy (non-hydrogen) atoms. The van der Waals surface area contributed by atoms with Crippen LogP contribution in [-0.4, -0.2) is 41.9 Å². The topological polar surface area (TPSA) is 35.5 Å². The second-order valence-electron chi connectivity index (χ2n) is 5.63. The van der Waals surface area contributed by atoms with Gasteiger partial charge in [0.2, 0.25) is 0 Å². The van der Waals surface area contributed by atoms with E-state index in [0.717, 1.165) is 17.5 Å². The fourth-order valence-corrected chi connectivity index (χ4v) is 2.78. The van der Waals surface area contributed by atoms with Crippen molar-refractivity contribution in [2.75, 3.05) is 19.6 Å². The zero-order chi connectivity index (χ0) is 15.5. The zero-order valence-corrected chi connectivity index (χ0v) is 12.0. The standard InChI is InChI=1S/C15H21F3N2O/c1-11(13-4-2-3-12(7-13)9-21)19-14-5-6-20(8-14)10-15(16,17)18/h2-4,7,11,14,19,21H,5-6,8-10H2,1H3/t11-,14-/m1/s1. The maximum absolute atomic E-state index is 12.4. The van der Waals surface area contributed by atoms with E-state index in [0.29, 0.717) is 13.1 Å². The van der Waals surface area contributed by atoms with Crippen molar-refractivity contribution in [2.24, 2.45) is 0 Å². The quantitative estimate of drug-likeness (QED) is 0.877. The molecule has 0 amide bonds. The number of aliphatic hydroxyl groups excluding tert-OH is 1. The van der Waals surface area contributed by atoms with Gasteiger partial charge in [-0.1, -0.05) is 24.3 Å². The lowest BCUT2D eigenvalue weighted by Crippen LogP contribution is -2.37. The molecule has 1 aliphatic rings. The molecular weight excluding hydrogens is 281 g/mol. The van der Waals surface area contributed by atoms with Gasteiger partial charge in [0.15, 0.2) is 0 Å². The molecule has 0 aliphatic carbocycles. The van der Waals surface area contributed by atoms with Gasteiger partial charge in [-0.25, -0.2) is 0 Å². The third-order valence-corrected chi connectivity index (χ3v) is 3.79. The Morgan fingerprint density at radius 2 is 2.19 bits per heavy atom. The monoisotopic (exact) mass is 302 g/mol. The first kappa shape index (κ1) is 16.3. The molecule has 0 spiro atoms. The average Bonchev–Trinajstić information content (AvgIpc) is 2.83. The van der Waals surface area contributed by atoms with Crippen molar-refractivity contribution in [3.8, 4) is 0 Å². The Bertz CT molecular complexity index is 464. The molecule has 3 nitrogen and oxygen atoms in total. The number of aliphatic hydroxyl groups is 1. The molecule has 1 fully saturated rings. The minimum atomic E-state index is -4.13. The molecule has 1 aliphatic heterocycles. The van der Waals surface area contributed by atoms with Gasteiger partial charge in [0.1, 0.15) is 0 Å². The van der Waals surface area contributed by atoms with E-state index in [1.54, 1.807) is 0 Å². The van der Waals surface area contributed by atoms with E-state index in [9.17, 15) is 13.2 Å². The van der Waals surface area contributed by atoms with Crippen molar-refractivity contribution in [3.63, 3.8) is 0 Å². The fraction of sp³-hybridized carbons (Fsp3) is 0.600. The minimum absolute atomic E-state index is 0.0106. The van der Waals surface area contributed by atoms with E-state index in [1.807, 2.05) is 31.2 Å². The van der Waals surface area contributed by atoms with Gasteiger partial charge in [-0.15, -0.1) is 0 Å². The summed E-state index contributed by atoms with van der Waals surface area (Å²) >= 11 is 0. The number of hydrogen-bond donors (Lipinski definition) is 2. The molecule has 1 heterocycles. The lowest BCUT2D eigenvalue weighted by atomic mass is 10.0. The molecule has 1 saturated heterocycles. The van der Waals surface area contributed by atoms with Crippen LogP contribution in [0.1, 0.15) is 30.5 Å². The van der Waals surface area contributed by atoms with Gasteiger partial charge < -0.3 is 10.4 Å². The molecule has 1 aromatic rings. The van der Waals surface area contributed by atoms with Crippen LogP contribution < -0.4 is 5.32 Å². The summed E-state index contributed by atoms with van der Waals surface area (Å²) in [4.78, 5) is 1.44. The maximum Gasteiger partial charge on any atom is 0.401 e. The minimum Gasteiger partial charge on any atom is -0.392 e. The number of hydrogen-bond acceptors (Lipinski definition) is 3. The van der Waals surface area contributed by atoms with E-state index >= 15 is 0 Å². The largest absolute Gasteiger partial charge is 0.401 e. The molecule has 1 aromatic carbocycles. The van der Waals surface area contributed by atoms with Crippen LogP contribution >= 0.6 is 0 Å². The highest BCUT2D eigenvalue weighted by atomic mass is 19.4. The molecule has 0 bridgehead atoms. The summed E-state index contributed by atoms with van der Waals surface area (Å²) in [7, 11) is 0. The molecule has 2 rings (SSSR count). The summed E-state index contributed by atoms with van der Waals surface area (Å²) < 4.78 is 37.1. The molecule has 0 aromatic heterocycles. The molecule has 6 heteroatoms. The second kappa shape index (κ2) is 6.77. The molecular formula is C15H21F3N2O. The summed E-state index contributed by atoms with van der Waals surface area (Å²) in [5.41, 5.74) is 1.88. The van der Waals surface area contributed by atoms with Crippen molar-refractivity contribution >= 4 is 0 Å². The number of rotatable bonds is 5. The van der Waals surface area contributed by atoms with Crippen LogP contribution in [0.3, 0.4) is 0 Å². The Hall–Kier alpha value is -1.11. The number of alkyl halides is 3. The molecule has 0 unspecified atom stereocenters. The lowest BCUT2D eigenvalue weighted by molar-refractivity contribution is -0.143. The van der Waals surface area contributed by atoms with Crippen LogP contribution in [0.4, 0.5) is 13.2 Å². The Balaban J connectivity index is 1.87. The predicted molar refractivity (Wildman–Crippen MR) is 74.8 cm³/mol. The molecule has 2 atom stereocenters. The first-order chi connectivity index (χ1) is 9.87. The number of halogens is 3. The van der Waals surface area contributed by atoms with Crippen LogP contribution in [0.25, 0.3) is 0 Å². The maximum atomic E-state index is 12.4. The van der Waals surface area contributed by atoms with Gasteiger partial charge in [0, 0.05) is 25.2 Å². The van der Waals surface area contributed by atoms with E-state index in [-0.39, 0.29) is 18.7 Å². The molecule has 0 saturated carbocycles. The Morgan fingerprint density at radius 3 is 2.86 bits per heavy atom. The van der Waals surface area contributed by atoms with Gasteiger partial charge in [-0.3, -0.25) is 4.90 Å². The normalized spacial score (nSPS) is 21.7.